The van der Waals surface area contributed by atoms with E-state index in [0.29, 0.717) is 6.42 Å². The maximum absolute atomic E-state index is 13.8. The van der Waals surface area contributed by atoms with Gasteiger partial charge in [0.05, 0.1) is 13.7 Å². The average molecular weight is 719 g/mol. The summed E-state index contributed by atoms with van der Waals surface area (Å²) in [6.45, 7) is 3.65. The number of amides is 4. The standard InChI is InChI=1S/C37H42N4O7S2/c1-23(2)17-32-35(44)39-31(36(45)47-3)22-50-49-21-30(34(43)38-18-33(42)41(32)19-24-11-5-4-6-12-24)40-37(46)48-20-29-27-15-9-7-13-25(27)26-14-8-10-16-28(26)29/h4-16,23,29-32H,17-22H2,1-3H3,(H,38,43)(H,39,44)(H,40,46)/t30-,31?,32?/m0/s1. The fourth-order valence-corrected chi connectivity index (χ4v) is 8.45. The minimum atomic E-state index is -1.06. The van der Waals surface area contributed by atoms with E-state index in [4.69, 9.17) is 9.47 Å². The summed E-state index contributed by atoms with van der Waals surface area (Å²) in [5, 5.41) is 8.16. The van der Waals surface area contributed by atoms with Crippen molar-refractivity contribution in [3.63, 3.8) is 0 Å². The minimum absolute atomic E-state index is 0.0255. The Morgan fingerprint density at radius 2 is 1.50 bits per heavy atom. The molecule has 3 aromatic carbocycles. The summed E-state index contributed by atoms with van der Waals surface area (Å²) in [5.74, 6) is -2.09. The Labute approximate surface area is 300 Å². The summed E-state index contributed by atoms with van der Waals surface area (Å²) < 4.78 is 10.7. The molecule has 1 heterocycles. The van der Waals surface area contributed by atoms with Crippen LogP contribution in [0.2, 0.25) is 0 Å². The number of rotatable bonds is 8. The molecule has 50 heavy (non-hydrogen) atoms. The predicted octanol–water partition coefficient (Wildman–Crippen LogP) is 4.51. The summed E-state index contributed by atoms with van der Waals surface area (Å²) in [5.41, 5.74) is 5.11. The SMILES string of the molecule is COC(=O)C1CSSC[C@H](NC(=O)OCC2c3ccccc3-c3ccccc32)C(=O)NCC(=O)N(Cc2ccccc2)C(CC(C)C)C(=O)N1. The molecule has 2 aliphatic rings. The second kappa shape index (κ2) is 17.4. The number of nitrogens with one attached hydrogen (secondary N) is 3. The van der Waals surface area contributed by atoms with Crippen molar-refractivity contribution >= 4 is 51.4 Å². The number of benzene rings is 3. The Hall–Kier alpha value is -4.49. The van der Waals surface area contributed by atoms with Crippen LogP contribution in [0, 0.1) is 5.92 Å². The van der Waals surface area contributed by atoms with Crippen molar-refractivity contribution < 1.29 is 33.4 Å². The smallest absolute Gasteiger partial charge is 0.407 e. The third-order valence-electron chi connectivity index (χ3n) is 8.61. The molecule has 264 valence electrons. The molecule has 4 amide bonds. The third kappa shape index (κ3) is 9.19. The zero-order valence-corrected chi connectivity index (χ0v) is 29.9. The quantitative estimate of drug-likeness (QED) is 0.227. The summed E-state index contributed by atoms with van der Waals surface area (Å²) in [6, 6.07) is 22.2. The third-order valence-corrected chi connectivity index (χ3v) is 11.0. The van der Waals surface area contributed by atoms with Gasteiger partial charge in [0.1, 0.15) is 24.7 Å². The van der Waals surface area contributed by atoms with Gasteiger partial charge in [-0.3, -0.25) is 14.4 Å². The Balaban J connectivity index is 1.33. The molecule has 1 aliphatic carbocycles. The number of esters is 1. The molecule has 1 fully saturated rings. The predicted molar refractivity (Wildman–Crippen MR) is 194 cm³/mol. The number of hydrogen-bond acceptors (Lipinski definition) is 9. The number of carbonyl (C=O) groups is 5. The van der Waals surface area contributed by atoms with Gasteiger partial charge in [-0.1, -0.05) is 114 Å². The lowest BCUT2D eigenvalue weighted by atomic mass is 9.98. The van der Waals surface area contributed by atoms with E-state index in [1.165, 1.54) is 33.6 Å². The van der Waals surface area contributed by atoms with E-state index in [2.05, 4.69) is 16.0 Å². The second-order valence-corrected chi connectivity index (χ2v) is 15.1. The van der Waals surface area contributed by atoms with Gasteiger partial charge in [0.15, 0.2) is 0 Å². The van der Waals surface area contributed by atoms with E-state index in [0.717, 1.165) is 27.8 Å². The molecular formula is C37H42N4O7S2. The highest BCUT2D eigenvalue weighted by Gasteiger charge is 2.35. The van der Waals surface area contributed by atoms with Crippen molar-refractivity contribution in [1.82, 2.24) is 20.9 Å². The summed E-state index contributed by atoms with van der Waals surface area (Å²) in [7, 11) is 3.73. The van der Waals surface area contributed by atoms with Crippen LogP contribution in [0.25, 0.3) is 11.1 Å². The van der Waals surface area contributed by atoms with Gasteiger partial charge in [-0.2, -0.15) is 0 Å². The fraction of sp³-hybridized carbons (Fsp3) is 0.378. The van der Waals surface area contributed by atoms with Gasteiger partial charge in [-0.25, -0.2) is 9.59 Å². The Kier molecular flexibility index (Phi) is 12.8. The lowest BCUT2D eigenvalue weighted by molar-refractivity contribution is -0.147. The zero-order chi connectivity index (χ0) is 35.6. The van der Waals surface area contributed by atoms with Gasteiger partial charge >= 0.3 is 12.1 Å². The lowest BCUT2D eigenvalue weighted by Gasteiger charge is -2.33. The van der Waals surface area contributed by atoms with Gasteiger partial charge in [-0.05, 0) is 40.2 Å². The average Bonchev–Trinajstić information content (AvgIpc) is 3.44. The van der Waals surface area contributed by atoms with Gasteiger partial charge in [-0.15, -0.1) is 0 Å². The first-order valence-electron chi connectivity index (χ1n) is 16.5. The summed E-state index contributed by atoms with van der Waals surface area (Å²) in [6.07, 6.45) is -0.451. The van der Waals surface area contributed by atoms with Crippen LogP contribution in [-0.2, 0) is 35.2 Å². The Morgan fingerprint density at radius 1 is 0.880 bits per heavy atom. The van der Waals surface area contributed by atoms with Gasteiger partial charge in [0.2, 0.25) is 17.7 Å². The molecule has 0 aromatic heterocycles. The van der Waals surface area contributed by atoms with E-state index < -0.39 is 54.5 Å². The first kappa shape index (κ1) is 36.8. The van der Waals surface area contributed by atoms with Crippen molar-refractivity contribution in [2.24, 2.45) is 5.92 Å². The molecule has 1 saturated heterocycles. The van der Waals surface area contributed by atoms with Crippen molar-refractivity contribution in [3.05, 3.63) is 95.6 Å². The number of hydrogen-bond donors (Lipinski definition) is 3. The highest BCUT2D eigenvalue weighted by molar-refractivity contribution is 8.76. The molecule has 0 spiro atoms. The monoisotopic (exact) mass is 718 g/mol. The van der Waals surface area contributed by atoms with Crippen molar-refractivity contribution in [1.29, 1.82) is 0 Å². The molecule has 3 aromatic rings. The van der Waals surface area contributed by atoms with E-state index in [-0.39, 0.29) is 36.5 Å². The van der Waals surface area contributed by atoms with Crippen LogP contribution in [0.3, 0.4) is 0 Å². The van der Waals surface area contributed by atoms with Crippen molar-refractivity contribution in [3.8, 4) is 11.1 Å². The number of methoxy groups -OCH3 is 1. The molecule has 13 heteroatoms. The van der Waals surface area contributed by atoms with Crippen LogP contribution >= 0.6 is 21.6 Å². The van der Waals surface area contributed by atoms with Gasteiger partial charge in [0.25, 0.3) is 0 Å². The van der Waals surface area contributed by atoms with Crippen molar-refractivity contribution in [2.45, 2.75) is 50.9 Å². The van der Waals surface area contributed by atoms with Crippen LogP contribution in [-0.4, -0.2) is 84.6 Å². The molecule has 5 rings (SSSR count). The van der Waals surface area contributed by atoms with Crippen LogP contribution < -0.4 is 16.0 Å². The lowest BCUT2D eigenvalue weighted by Crippen LogP contribution is -2.56. The molecule has 0 saturated carbocycles. The highest BCUT2D eigenvalue weighted by Crippen LogP contribution is 2.44. The Morgan fingerprint density at radius 3 is 2.14 bits per heavy atom. The first-order valence-corrected chi connectivity index (χ1v) is 19.0. The van der Waals surface area contributed by atoms with Gasteiger partial charge < -0.3 is 30.3 Å². The maximum Gasteiger partial charge on any atom is 0.407 e. The largest absolute Gasteiger partial charge is 0.467 e. The van der Waals surface area contributed by atoms with E-state index >= 15 is 0 Å². The topological polar surface area (TPSA) is 143 Å². The molecule has 3 N–H and O–H groups in total. The Bertz CT molecular complexity index is 1640. The van der Waals surface area contributed by atoms with Crippen LogP contribution in [0.4, 0.5) is 4.79 Å². The van der Waals surface area contributed by atoms with Crippen molar-refractivity contribution in [2.75, 3.05) is 31.8 Å². The van der Waals surface area contributed by atoms with E-state index in [1.54, 1.807) is 0 Å². The molecule has 0 radical (unpaired) electrons. The molecule has 1 aliphatic heterocycles. The summed E-state index contributed by atoms with van der Waals surface area (Å²) >= 11 is 0. The number of carbonyl (C=O) groups excluding carboxylic acids is 5. The van der Waals surface area contributed by atoms with Crippen LogP contribution in [0.1, 0.15) is 42.9 Å². The molecule has 0 bridgehead atoms. The molecular weight excluding hydrogens is 677 g/mol. The number of ether oxygens (including phenoxy) is 2. The second-order valence-electron chi connectivity index (χ2n) is 12.5. The summed E-state index contributed by atoms with van der Waals surface area (Å²) in [4.78, 5) is 68.5. The minimum Gasteiger partial charge on any atom is -0.467 e. The normalized spacial score (nSPS) is 20.2. The fourth-order valence-electron chi connectivity index (χ4n) is 6.14. The number of alkyl carbamates (subject to hydrolysis) is 1. The molecule has 2 unspecified atom stereocenters. The number of nitrogens with zero attached hydrogens (tertiary/aromatic N) is 1. The molecule has 11 nitrogen and oxygen atoms in total. The van der Waals surface area contributed by atoms with E-state index in [1.807, 2.05) is 92.7 Å². The van der Waals surface area contributed by atoms with Crippen LogP contribution in [0.5, 0.6) is 0 Å². The first-order chi connectivity index (χ1) is 24.2. The zero-order valence-electron chi connectivity index (χ0n) is 28.3. The molecule has 3 atom stereocenters. The van der Waals surface area contributed by atoms with Crippen LogP contribution in [0.15, 0.2) is 78.9 Å². The van der Waals surface area contributed by atoms with E-state index in [9.17, 15) is 24.0 Å². The number of fused-ring (bicyclic) bond motifs is 3. The van der Waals surface area contributed by atoms with Gasteiger partial charge in [0, 0.05) is 24.0 Å². The maximum atomic E-state index is 13.8. The highest BCUT2D eigenvalue weighted by atomic mass is 33.1.